The van der Waals surface area contributed by atoms with Gasteiger partial charge in [0, 0.05) is 17.7 Å². The number of hydrogen-bond donors (Lipinski definition) is 0. The molecule has 0 radical (unpaired) electrons. The summed E-state index contributed by atoms with van der Waals surface area (Å²) in [7, 11) is 0. The average Bonchev–Trinajstić information content (AvgIpc) is 2.31. The molecule has 0 saturated heterocycles. The van der Waals surface area contributed by atoms with Gasteiger partial charge in [0.25, 0.3) is 0 Å². The van der Waals surface area contributed by atoms with E-state index in [2.05, 4.69) is 15.9 Å². The molecular weight excluding hydrogens is 192 g/mol. The van der Waals surface area contributed by atoms with E-state index in [0.717, 1.165) is 37.4 Å². The molecular formula is C8H13BrO. The first kappa shape index (κ1) is 8.25. The van der Waals surface area contributed by atoms with Crippen LogP contribution in [0.4, 0.5) is 0 Å². The quantitative estimate of drug-likeness (QED) is 0.647. The molecule has 0 aromatic rings. The van der Waals surface area contributed by atoms with E-state index in [0.29, 0.717) is 11.7 Å². The molecule has 1 fully saturated rings. The van der Waals surface area contributed by atoms with Crippen molar-refractivity contribution in [3.05, 3.63) is 0 Å². The normalized spacial score (nSPS) is 25.7. The molecule has 1 aliphatic rings. The minimum Gasteiger partial charge on any atom is -0.299 e. The van der Waals surface area contributed by atoms with Crippen molar-refractivity contribution in [3.8, 4) is 0 Å². The Morgan fingerprint density at radius 2 is 2.40 bits per heavy atom. The average molecular weight is 205 g/mol. The molecule has 58 valence electrons. The predicted octanol–water partition coefficient (Wildman–Crippen LogP) is 2.53. The number of ketones is 1. The molecule has 1 rings (SSSR count). The molecule has 0 N–H and O–H groups in total. The number of Topliss-reactive ketones (excluding diaryl/α,β-unsaturated/α-hetero) is 1. The molecule has 0 aromatic carbocycles. The summed E-state index contributed by atoms with van der Waals surface area (Å²) in [5.74, 6) is 0.915. The van der Waals surface area contributed by atoms with Crippen molar-refractivity contribution in [2.45, 2.75) is 32.1 Å². The van der Waals surface area contributed by atoms with Crippen LogP contribution in [0.5, 0.6) is 0 Å². The Bertz CT molecular complexity index is 122. The highest BCUT2D eigenvalue weighted by Gasteiger charge is 2.22. The topological polar surface area (TPSA) is 17.1 Å². The van der Waals surface area contributed by atoms with Crippen LogP contribution in [-0.4, -0.2) is 11.1 Å². The van der Waals surface area contributed by atoms with Crippen molar-refractivity contribution < 1.29 is 4.79 Å². The van der Waals surface area contributed by atoms with Crippen molar-refractivity contribution in [1.82, 2.24) is 0 Å². The Hall–Kier alpha value is 0.150. The largest absolute Gasteiger partial charge is 0.299 e. The van der Waals surface area contributed by atoms with Crippen LogP contribution in [0.3, 0.4) is 0 Å². The van der Waals surface area contributed by atoms with Crippen LogP contribution >= 0.6 is 15.9 Å². The lowest BCUT2D eigenvalue weighted by Crippen LogP contribution is -2.05. The third-order valence-electron chi connectivity index (χ3n) is 2.12. The molecule has 0 heterocycles. The van der Waals surface area contributed by atoms with Gasteiger partial charge in [0.2, 0.25) is 0 Å². The summed E-state index contributed by atoms with van der Waals surface area (Å²) in [5, 5.41) is 1.04. The standard InChI is InChI=1S/C8H13BrO/c9-6-2-4-7-3-1-5-8(7)10/h7H,1-6H2/t7-/m0/s1. The zero-order chi connectivity index (χ0) is 7.40. The van der Waals surface area contributed by atoms with Gasteiger partial charge in [-0.1, -0.05) is 15.9 Å². The van der Waals surface area contributed by atoms with Crippen LogP contribution in [-0.2, 0) is 4.79 Å². The molecule has 0 amide bonds. The zero-order valence-electron chi connectivity index (χ0n) is 6.11. The molecule has 0 aliphatic heterocycles. The van der Waals surface area contributed by atoms with Gasteiger partial charge in [-0.3, -0.25) is 4.79 Å². The van der Waals surface area contributed by atoms with Crippen molar-refractivity contribution in [1.29, 1.82) is 0 Å². The molecule has 1 saturated carbocycles. The van der Waals surface area contributed by atoms with Crippen molar-refractivity contribution in [3.63, 3.8) is 0 Å². The van der Waals surface area contributed by atoms with Gasteiger partial charge in [0.05, 0.1) is 0 Å². The molecule has 2 heteroatoms. The second-order valence-electron chi connectivity index (χ2n) is 2.89. The summed E-state index contributed by atoms with van der Waals surface area (Å²) in [4.78, 5) is 11.1. The van der Waals surface area contributed by atoms with Gasteiger partial charge in [-0.2, -0.15) is 0 Å². The summed E-state index contributed by atoms with van der Waals surface area (Å²) in [6.07, 6.45) is 5.37. The number of alkyl halides is 1. The Labute approximate surface area is 70.3 Å². The van der Waals surface area contributed by atoms with Crippen molar-refractivity contribution >= 4 is 21.7 Å². The lowest BCUT2D eigenvalue weighted by molar-refractivity contribution is -0.120. The van der Waals surface area contributed by atoms with E-state index in [9.17, 15) is 4.79 Å². The fourth-order valence-corrected chi connectivity index (χ4v) is 1.84. The van der Waals surface area contributed by atoms with Gasteiger partial charge in [-0.05, 0) is 25.7 Å². The van der Waals surface area contributed by atoms with Crippen LogP contribution in [0, 0.1) is 5.92 Å². The molecule has 1 nitrogen and oxygen atoms in total. The number of hydrogen-bond acceptors (Lipinski definition) is 1. The SMILES string of the molecule is O=C1CCC[C@H]1CCCBr. The number of carbonyl (C=O) groups excluding carboxylic acids is 1. The van der Waals surface area contributed by atoms with E-state index < -0.39 is 0 Å². The van der Waals surface area contributed by atoms with Gasteiger partial charge in [0.15, 0.2) is 0 Å². The van der Waals surface area contributed by atoms with Crippen molar-refractivity contribution in [2.24, 2.45) is 5.92 Å². The van der Waals surface area contributed by atoms with Gasteiger partial charge in [0.1, 0.15) is 5.78 Å². The van der Waals surface area contributed by atoms with Gasteiger partial charge >= 0.3 is 0 Å². The van der Waals surface area contributed by atoms with Crippen LogP contribution in [0.1, 0.15) is 32.1 Å². The van der Waals surface area contributed by atoms with Gasteiger partial charge in [-0.25, -0.2) is 0 Å². The Balaban J connectivity index is 2.20. The highest BCUT2D eigenvalue weighted by Crippen LogP contribution is 2.25. The first-order valence-electron chi connectivity index (χ1n) is 3.93. The highest BCUT2D eigenvalue weighted by atomic mass is 79.9. The predicted molar refractivity (Wildman–Crippen MR) is 45.4 cm³/mol. The summed E-state index contributed by atoms with van der Waals surface area (Å²) >= 11 is 3.37. The van der Waals surface area contributed by atoms with E-state index in [1.807, 2.05) is 0 Å². The third-order valence-corrected chi connectivity index (χ3v) is 2.68. The van der Waals surface area contributed by atoms with E-state index in [1.54, 1.807) is 0 Å². The zero-order valence-corrected chi connectivity index (χ0v) is 7.69. The second-order valence-corrected chi connectivity index (χ2v) is 3.68. The monoisotopic (exact) mass is 204 g/mol. The lowest BCUT2D eigenvalue weighted by atomic mass is 10.0. The third kappa shape index (κ3) is 2.08. The summed E-state index contributed by atoms with van der Waals surface area (Å²) in [5.41, 5.74) is 0. The minimum atomic E-state index is 0.414. The fourth-order valence-electron chi connectivity index (χ4n) is 1.52. The molecule has 1 atom stereocenters. The first-order valence-corrected chi connectivity index (χ1v) is 5.05. The first-order chi connectivity index (χ1) is 4.84. The maximum Gasteiger partial charge on any atom is 0.135 e. The van der Waals surface area contributed by atoms with Gasteiger partial charge in [-0.15, -0.1) is 0 Å². The van der Waals surface area contributed by atoms with Crippen LogP contribution in [0.15, 0.2) is 0 Å². The Morgan fingerprint density at radius 3 is 2.90 bits per heavy atom. The van der Waals surface area contributed by atoms with E-state index in [4.69, 9.17) is 0 Å². The van der Waals surface area contributed by atoms with Gasteiger partial charge < -0.3 is 0 Å². The van der Waals surface area contributed by atoms with E-state index in [1.165, 1.54) is 0 Å². The smallest absolute Gasteiger partial charge is 0.135 e. The van der Waals surface area contributed by atoms with Crippen molar-refractivity contribution in [2.75, 3.05) is 5.33 Å². The van der Waals surface area contributed by atoms with Crippen LogP contribution in [0.2, 0.25) is 0 Å². The molecule has 0 spiro atoms. The molecule has 0 bridgehead atoms. The summed E-state index contributed by atoms with van der Waals surface area (Å²) in [6, 6.07) is 0. The summed E-state index contributed by atoms with van der Waals surface area (Å²) in [6.45, 7) is 0. The molecule has 0 unspecified atom stereocenters. The molecule has 1 aliphatic carbocycles. The number of carbonyl (C=O) groups is 1. The molecule has 10 heavy (non-hydrogen) atoms. The Morgan fingerprint density at radius 1 is 1.60 bits per heavy atom. The number of halogens is 1. The van der Waals surface area contributed by atoms with Crippen LogP contribution in [0.25, 0.3) is 0 Å². The van der Waals surface area contributed by atoms with E-state index in [-0.39, 0.29) is 0 Å². The second kappa shape index (κ2) is 4.12. The summed E-state index contributed by atoms with van der Waals surface area (Å²) < 4.78 is 0. The lowest BCUT2D eigenvalue weighted by Gasteiger charge is -2.03. The maximum atomic E-state index is 11.1. The van der Waals surface area contributed by atoms with Crippen LogP contribution < -0.4 is 0 Å². The van der Waals surface area contributed by atoms with E-state index >= 15 is 0 Å². The highest BCUT2D eigenvalue weighted by molar-refractivity contribution is 9.09. The number of rotatable bonds is 3. The maximum absolute atomic E-state index is 11.1. The fraction of sp³-hybridized carbons (Fsp3) is 0.875. The molecule has 0 aromatic heterocycles. The minimum absolute atomic E-state index is 0.414. The Kier molecular flexibility index (Phi) is 3.40.